The highest BCUT2D eigenvalue weighted by atomic mass is 16.2. The number of carbonyl (C=O) groups is 3. The number of imide groups is 1. The standard InChI is InChI=1S/C30H39N3O3/c1-21(2)24-14-11-15-25(22(3)4)27(24)31-26(34)20-32-28(35)30(17-9-6-10-18-30)33(29(32)36)19-16-23-12-7-5-8-13-23/h5,7-8,11-15,21-22H,6,9-10,16-20H2,1-4H3,(H,31,34). The monoisotopic (exact) mass is 489 g/mol. The summed E-state index contributed by atoms with van der Waals surface area (Å²) in [6.07, 6.45) is 4.92. The number of nitrogens with zero attached hydrogens (tertiary/aromatic N) is 2. The topological polar surface area (TPSA) is 69.7 Å². The Balaban J connectivity index is 1.56. The van der Waals surface area contributed by atoms with Gasteiger partial charge in [0.05, 0.1) is 0 Å². The molecule has 1 aliphatic carbocycles. The molecule has 36 heavy (non-hydrogen) atoms. The number of anilines is 1. The third-order valence-electron chi connectivity index (χ3n) is 7.71. The summed E-state index contributed by atoms with van der Waals surface area (Å²) in [5, 5.41) is 3.07. The SMILES string of the molecule is CC(C)c1cccc(C(C)C)c1NC(=O)CN1C(=O)N(CCc2ccccc2)C2(CCCCC2)C1=O. The van der Waals surface area contributed by atoms with Crippen LogP contribution >= 0.6 is 0 Å². The number of amides is 4. The maximum absolute atomic E-state index is 13.7. The van der Waals surface area contributed by atoms with Gasteiger partial charge in [-0.1, -0.05) is 95.5 Å². The zero-order chi connectivity index (χ0) is 25.9. The maximum Gasteiger partial charge on any atom is 0.328 e. The van der Waals surface area contributed by atoms with Crippen LogP contribution in [0.5, 0.6) is 0 Å². The molecule has 2 aliphatic rings. The van der Waals surface area contributed by atoms with Gasteiger partial charge in [0.2, 0.25) is 5.91 Å². The molecule has 6 heteroatoms. The Morgan fingerprint density at radius 1 is 0.889 bits per heavy atom. The predicted octanol–water partition coefficient (Wildman–Crippen LogP) is 6.08. The van der Waals surface area contributed by atoms with E-state index in [0.29, 0.717) is 25.8 Å². The van der Waals surface area contributed by atoms with Crippen LogP contribution < -0.4 is 5.32 Å². The van der Waals surface area contributed by atoms with Crippen LogP contribution in [0.3, 0.4) is 0 Å². The van der Waals surface area contributed by atoms with Crippen LogP contribution in [0.25, 0.3) is 0 Å². The summed E-state index contributed by atoms with van der Waals surface area (Å²) in [4.78, 5) is 43.6. The molecule has 0 unspecified atom stereocenters. The first kappa shape index (κ1) is 25.9. The summed E-state index contributed by atoms with van der Waals surface area (Å²) in [5.74, 6) is -0.0831. The molecule has 4 amide bonds. The zero-order valence-electron chi connectivity index (χ0n) is 22.0. The molecule has 0 bridgehead atoms. The zero-order valence-corrected chi connectivity index (χ0v) is 22.0. The van der Waals surface area contributed by atoms with Gasteiger partial charge >= 0.3 is 6.03 Å². The van der Waals surface area contributed by atoms with E-state index in [9.17, 15) is 14.4 Å². The van der Waals surface area contributed by atoms with Gasteiger partial charge in [0, 0.05) is 12.2 Å². The second-order valence-electron chi connectivity index (χ2n) is 10.8. The van der Waals surface area contributed by atoms with Gasteiger partial charge in [-0.2, -0.15) is 0 Å². The number of rotatable bonds is 8. The lowest BCUT2D eigenvalue weighted by Crippen LogP contribution is -2.51. The van der Waals surface area contributed by atoms with E-state index < -0.39 is 5.54 Å². The van der Waals surface area contributed by atoms with Crippen LogP contribution in [-0.4, -0.2) is 46.3 Å². The third-order valence-corrected chi connectivity index (χ3v) is 7.71. The molecule has 0 aromatic heterocycles. The summed E-state index contributed by atoms with van der Waals surface area (Å²) in [7, 11) is 0. The van der Waals surface area contributed by atoms with Crippen LogP contribution in [-0.2, 0) is 16.0 Å². The van der Waals surface area contributed by atoms with Crippen LogP contribution in [0.1, 0.15) is 88.3 Å². The van der Waals surface area contributed by atoms with Gasteiger partial charge in [-0.05, 0) is 47.8 Å². The molecule has 1 N–H and O–H groups in total. The highest BCUT2D eigenvalue weighted by Crippen LogP contribution is 2.40. The lowest BCUT2D eigenvalue weighted by Gasteiger charge is -2.38. The van der Waals surface area contributed by atoms with Crippen molar-refractivity contribution >= 4 is 23.5 Å². The molecule has 2 fully saturated rings. The fourth-order valence-electron chi connectivity index (χ4n) is 5.76. The Morgan fingerprint density at radius 3 is 2.08 bits per heavy atom. The summed E-state index contributed by atoms with van der Waals surface area (Å²) >= 11 is 0. The Hall–Kier alpha value is -3.15. The Morgan fingerprint density at radius 2 is 1.50 bits per heavy atom. The Kier molecular flexibility index (Phi) is 7.82. The van der Waals surface area contributed by atoms with Crippen molar-refractivity contribution in [1.29, 1.82) is 0 Å². The number of nitrogens with one attached hydrogen (secondary N) is 1. The molecule has 1 saturated heterocycles. The van der Waals surface area contributed by atoms with Crippen molar-refractivity contribution in [3.63, 3.8) is 0 Å². The van der Waals surface area contributed by atoms with Crippen molar-refractivity contribution < 1.29 is 14.4 Å². The predicted molar refractivity (Wildman–Crippen MR) is 143 cm³/mol. The minimum atomic E-state index is -0.816. The number of para-hydroxylation sites is 1. The Bertz CT molecular complexity index is 1080. The van der Waals surface area contributed by atoms with Crippen molar-refractivity contribution in [2.24, 2.45) is 0 Å². The number of hydrogen-bond donors (Lipinski definition) is 1. The van der Waals surface area contributed by atoms with Crippen molar-refractivity contribution in [3.05, 3.63) is 65.2 Å². The van der Waals surface area contributed by atoms with E-state index >= 15 is 0 Å². The van der Waals surface area contributed by atoms with Gasteiger partial charge in [-0.25, -0.2) is 4.79 Å². The minimum Gasteiger partial charge on any atom is -0.324 e. The molecule has 6 nitrogen and oxygen atoms in total. The van der Waals surface area contributed by atoms with E-state index in [4.69, 9.17) is 0 Å². The van der Waals surface area contributed by atoms with Crippen molar-refractivity contribution in [3.8, 4) is 0 Å². The Labute approximate surface area is 215 Å². The van der Waals surface area contributed by atoms with E-state index in [0.717, 1.165) is 41.6 Å². The molecule has 2 aromatic carbocycles. The molecule has 2 aromatic rings. The van der Waals surface area contributed by atoms with Crippen molar-refractivity contribution in [2.45, 2.75) is 83.6 Å². The number of benzene rings is 2. The van der Waals surface area contributed by atoms with Crippen LogP contribution in [0.2, 0.25) is 0 Å². The minimum absolute atomic E-state index is 0.211. The largest absolute Gasteiger partial charge is 0.328 e. The van der Waals surface area contributed by atoms with Crippen LogP contribution in [0, 0.1) is 0 Å². The van der Waals surface area contributed by atoms with Crippen LogP contribution in [0.4, 0.5) is 10.5 Å². The normalized spacial score (nSPS) is 17.5. The van der Waals surface area contributed by atoms with Crippen LogP contribution in [0.15, 0.2) is 48.5 Å². The van der Waals surface area contributed by atoms with Gasteiger partial charge < -0.3 is 10.2 Å². The van der Waals surface area contributed by atoms with Gasteiger partial charge in [0.1, 0.15) is 12.1 Å². The van der Waals surface area contributed by atoms with E-state index in [1.165, 1.54) is 4.90 Å². The first-order chi connectivity index (χ1) is 17.2. The first-order valence-corrected chi connectivity index (χ1v) is 13.3. The molecular formula is C30H39N3O3. The lowest BCUT2D eigenvalue weighted by atomic mass is 9.80. The molecule has 4 rings (SSSR count). The van der Waals surface area contributed by atoms with Gasteiger partial charge in [0.25, 0.3) is 5.91 Å². The molecular weight excluding hydrogens is 450 g/mol. The second kappa shape index (κ2) is 10.9. The number of urea groups is 1. The summed E-state index contributed by atoms with van der Waals surface area (Å²) in [6.45, 7) is 8.60. The van der Waals surface area contributed by atoms with Crippen molar-refractivity contribution in [1.82, 2.24) is 9.80 Å². The molecule has 1 heterocycles. The first-order valence-electron chi connectivity index (χ1n) is 13.3. The van der Waals surface area contributed by atoms with Gasteiger partial charge in [-0.15, -0.1) is 0 Å². The molecule has 1 spiro atoms. The highest BCUT2D eigenvalue weighted by Gasteiger charge is 2.57. The summed E-state index contributed by atoms with van der Waals surface area (Å²) in [5.41, 5.74) is 3.23. The molecule has 192 valence electrons. The van der Waals surface area contributed by atoms with Gasteiger partial charge in [0.15, 0.2) is 0 Å². The average Bonchev–Trinajstić information content (AvgIpc) is 3.04. The number of hydrogen-bond acceptors (Lipinski definition) is 3. The summed E-state index contributed by atoms with van der Waals surface area (Å²) < 4.78 is 0. The molecule has 0 radical (unpaired) electrons. The summed E-state index contributed by atoms with van der Waals surface area (Å²) in [6, 6.07) is 15.8. The third kappa shape index (κ3) is 5.04. The number of carbonyl (C=O) groups excluding carboxylic acids is 3. The lowest BCUT2D eigenvalue weighted by molar-refractivity contribution is -0.136. The van der Waals surface area contributed by atoms with Crippen molar-refractivity contribution in [2.75, 3.05) is 18.4 Å². The quantitative estimate of drug-likeness (QED) is 0.457. The fourth-order valence-corrected chi connectivity index (χ4v) is 5.76. The smallest absolute Gasteiger partial charge is 0.324 e. The molecule has 1 aliphatic heterocycles. The van der Waals surface area contributed by atoms with E-state index in [1.54, 1.807) is 4.90 Å². The molecule has 1 saturated carbocycles. The average molecular weight is 490 g/mol. The van der Waals surface area contributed by atoms with Gasteiger partial charge in [-0.3, -0.25) is 14.5 Å². The maximum atomic E-state index is 13.7. The van der Waals surface area contributed by atoms with E-state index in [2.05, 4.69) is 33.0 Å². The van der Waals surface area contributed by atoms with E-state index in [-0.39, 0.29) is 36.2 Å². The fraction of sp³-hybridized carbons (Fsp3) is 0.500. The second-order valence-corrected chi connectivity index (χ2v) is 10.8. The van der Waals surface area contributed by atoms with E-state index in [1.807, 2.05) is 48.5 Å². The molecule has 0 atom stereocenters. The highest BCUT2D eigenvalue weighted by molar-refractivity contribution is 6.10.